The third-order valence-electron chi connectivity index (χ3n) is 5.34. The Hall–Kier alpha value is -4.12. The minimum Gasteiger partial charge on any atom is -0.508 e. The summed E-state index contributed by atoms with van der Waals surface area (Å²) in [6.07, 6.45) is 2.67. The Balaban J connectivity index is 1.88. The van der Waals surface area contributed by atoms with Crippen LogP contribution in [0.3, 0.4) is 0 Å². The van der Waals surface area contributed by atoms with E-state index in [1.165, 1.54) is 0 Å². The first-order valence-corrected chi connectivity index (χ1v) is 9.97. The van der Waals surface area contributed by atoms with Gasteiger partial charge in [0.1, 0.15) is 23.2 Å². The zero-order valence-corrected chi connectivity index (χ0v) is 17.6. The molecule has 0 aliphatic rings. The van der Waals surface area contributed by atoms with E-state index >= 15 is 0 Å². The molecule has 31 heavy (non-hydrogen) atoms. The summed E-state index contributed by atoms with van der Waals surface area (Å²) in [5.74, 6) is 0.707. The van der Waals surface area contributed by atoms with E-state index < -0.39 is 0 Å². The standard InChI is InChI=1S/C23H23N7O/c1-4-18(28-22-17(12-24)13(2)26-23(25)29-22)21-16(14-5-7-15(31)8-6-14)11-20-19(27-21)9-10-30(20)3/h5-11,18,31H,4H2,1-3H3,(H3,25,26,28,29)/t18-/m0/s1. The Morgan fingerprint density at radius 2 is 1.94 bits per heavy atom. The van der Waals surface area contributed by atoms with Crippen molar-refractivity contribution in [1.82, 2.24) is 19.5 Å². The number of fused-ring (bicyclic) bond motifs is 1. The molecule has 4 N–H and O–H groups in total. The number of nitrogens with zero attached hydrogens (tertiary/aromatic N) is 5. The average molecular weight is 413 g/mol. The molecule has 0 bridgehead atoms. The summed E-state index contributed by atoms with van der Waals surface area (Å²) in [6.45, 7) is 3.78. The van der Waals surface area contributed by atoms with E-state index in [1.807, 2.05) is 42.9 Å². The zero-order valence-electron chi connectivity index (χ0n) is 17.6. The van der Waals surface area contributed by atoms with Crippen LogP contribution in [0.2, 0.25) is 0 Å². The SMILES string of the molecule is CC[C@H](Nc1nc(N)nc(C)c1C#N)c1nc2ccn(C)c2cc1-c1ccc(O)cc1. The van der Waals surface area contributed by atoms with E-state index in [0.29, 0.717) is 23.5 Å². The molecule has 0 fully saturated rings. The number of benzene rings is 1. The molecule has 0 aliphatic carbocycles. The maximum Gasteiger partial charge on any atom is 0.222 e. The monoisotopic (exact) mass is 413 g/mol. The molecule has 8 heteroatoms. The van der Waals surface area contributed by atoms with Crippen molar-refractivity contribution in [2.45, 2.75) is 26.3 Å². The van der Waals surface area contributed by atoms with Gasteiger partial charge in [-0.15, -0.1) is 0 Å². The summed E-state index contributed by atoms with van der Waals surface area (Å²) in [5.41, 5.74) is 11.3. The molecule has 0 saturated heterocycles. The molecule has 0 saturated carbocycles. The molecule has 3 aromatic heterocycles. The molecule has 1 aromatic carbocycles. The quantitative estimate of drug-likeness (QED) is 0.450. The minimum absolute atomic E-state index is 0.110. The van der Waals surface area contributed by atoms with E-state index in [4.69, 9.17) is 10.7 Å². The third kappa shape index (κ3) is 3.73. The number of nitrogen functional groups attached to an aromatic ring is 1. The van der Waals surface area contributed by atoms with Crippen molar-refractivity contribution >= 4 is 22.8 Å². The second kappa shape index (κ2) is 7.95. The number of nitrogens with two attached hydrogens (primary N) is 1. The van der Waals surface area contributed by atoms with Crippen molar-refractivity contribution in [1.29, 1.82) is 5.26 Å². The van der Waals surface area contributed by atoms with Gasteiger partial charge in [0, 0.05) is 18.8 Å². The fourth-order valence-corrected chi connectivity index (χ4v) is 3.70. The number of hydrogen-bond acceptors (Lipinski definition) is 7. The number of anilines is 2. The number of phenols is 1. The molecule has 8 nitrogen and oxygen atoms in total. The Morgan fingerprint density at radius 3 is 2.61 bits per heavy atom. The average Bonchev–Trinajstić information content (AvgIpc) is 3.11. The minimum atomic E-state index is -0.228. The normalized spacial score (nSPS) is 11.9. The Kier molecular flexibility index (Phi) is 5.17. The van der Waals surface area contributed by atoms with Crippen LogP contribution in [0, 0.1) is 18.3 Å². The summed E-state index contributed by atoms with van der Waals surface area (Å²) in [6, 6.07) is 13.1. The van der Waals surface area contributed by atoms with E-state index in [0.717, 1.165) is 27.9 Å². The molecule has 0 radical (unpaired) electrons. The maximum atomic E-state index is 9.73. The molecule has 0 unspecified atom stereocenters. The predicted molar refractivity (Wildman–Crippen MR) is 120 cm³/mol. The molecule has 156 valence electrons. The van der Waals surface area contributed by atoms with Gasteiger partial charge in [0.15, 0.2) is 0 Å². The van der Waals surface area contributed by atoms with Crippen LogP contribution in [0.1, 0.15) is 36.3 Å². The number of nitrogens with one attached hydrogen (secondary N) is 1. The van der Waals surface area contributed by atoms with E-state index in [-0.39, 0.29) is 17.7 Å². The van der Waals surface area contributed by atoms with Gasteiger partial charge in [0.05, 0.1) is 28.5 Å². The van der Waals surface area contributed by atoms with Crippen LogP contribution >= 0.6 is 0 Å². The van der Waals surface area contributed by atoms with Gasteiger partial charge >= 0.3 is 0 Å². The van der Waals surface area contributed by atoms with Crippen molar-refractivity contribution in [3.63, 3.8) is 0 Å². The van der Waals surface area contributed by atoms with Gasteiger partial charge in [-0.1, -0.05) is 19.1 Å². The number of hydrogen-bond donors (Lipinski definition) is 3. The Morgan fingerprint density at radius 1 is 1.19 bits per heavy atom. The summed E-state index contributed by atoms with van der Waals surface area (Å²) in [5, 5.41) is 22.7. The lowest BCUT2D eigenvalue weighted by atomic mass is 9.97. The summed E-state index contributed by atoms with van der Waals surface area (Å²) in [7, 11) is 1.98. The summed E-state index contributed by atoms with van der Waals surface area (Å²) < 4.78 is 2.02. The second-order valence-electron chi connectivity index (χ2n) is 7.41. The number of aromatic hydroxyl groups is 1. The molecular weight excluding hydrogens is 390 g/mol. The van der Waals surface area contributed by atoms with E-state index in [2.05, 4.69) is 27.4 Å². The van der Waals surface area contributed by atoms with Crippen LogP contribution in [0.5, 0.6) is 5.75 Å². The highest BCUT2D eigenvalue weighted by atomic mass is 16.3. The predicted octanol–water partition coefficient (Wildman–Crippen LogP) is 4.06. The Labute approximate surface area is 180 Å². The topological polar surface area (TPSA) is 126 Å². The summed E-state index contributed by atoms with van der Waals surface area (Å²) in [4.78, 5) is 13.3. The molecule has 0 spiro atoms. The number of phenolic OH excluding ortho intramolecular Hbond substituents is 1. The van der Waals surface area contributed by atoms with Crippen LogP contribution in [0.25, 0.3) is 22.2 Å². The van der Waals surface area contributed by atoms with Gasteiger partial charge in [-0.05, 0) is 43.2 Å². The molecular formula is C23H23N7O. The van der Waals surface area contributed by atoms with Crippen molar-refractivity contribution in [2.24, 2.45) is 7.05 Å². The highest BCUT2D eigenvalue weighted by Gasteiger charge is 2.21. The molecule has 4 aromatic rings. The van der Waals surface area contributed by atoms with Gasteiger partial charge in [-0.3, -0.25) is 0 Å². The largest absolute Gasteiger partial charge is 0.508 e. The van der Waals surface area contributed by atoms with Gasteiger partial charge in [0.2, 0.25) is 5.95 Å². The maximum absolute atomic E-state index is 9.73. The number of aromatic nitrogens is 4. The fourth-order valence-electron chi connectivity index (χ4n) is 3.70. The lowest BCUT2D eigenvalue weighted by molar-refractivity contribution is 0.475. The third-order valence-corrected chi connectivity index (χ3v) is 5.34. The van der Waals surface area contributed by atoms with Crippen LogP contribution in [0.15, 0.2) is 42.6 Å². The van der Waals surface area contributed by atoms with Crippen molar-refractivity contribution < 1.29 is 5.11 Å². The first-order chi connectivity index (χ1) is 14.9. The first-order valence-electron chi connectivity index (χ1n) is 9.97. The molecule has 4 rings (SSSR count). The van der Waals surface area contributed by atoms with Gasteiger partial charge in [-0.2, -0.15) is 10.2 Å². The van der Waals surface area contributed by atoms with Crippen LogP contribution in [-0.2, 0) is 7.05 Å². The molecule has 1 atom stereocenters. The van der Waals surface area contributed by atoms with Crippen LogP contribution < -0.4 is 11.1 Å². The van der Waals surface area contributed by atoms with Crippen LogP contribution in [-0.4, -0.2) is 24.6 Å². The number of rotatable bonds is 5. The molecule has 3 heterocycles. The number of aryl methyl sites for hydroxylation is 2. The first kappa shape index (κ1) is 20.2. The highest BCUT2D eigenvalue weighted by molar-refractivity contribution is 5.83. The van der Waals surface area contributed by atoms with Crippen molar-refractivity contribution in [3.8, 4) is 22.9 Å². The highest BCUT2D eigenvalue weighted by Crippen LogP contribution is 2.34. The lowest BCUT2D eigenvalue weighted by Gasteiger charge is -2.22. The fraction of sp³-hybridized carbons (Fsp3) is 0.217. The van der Waals surface area contributed by atoms with Crippen molar-refractivity contribution in [2.75, 3.05) is 11.1 Å². The van der Waals surface area contributed by atoms with Gasteiger partial charge in [-0.25, -0.2) is 9.97 Å². The summed E-state index contributed by atoms with van der Waals surface area (Å²) >= 11 is 0. The number of pyridine rings is 1. The zero-order chi connectivity index (χ0) is 22.1. The van der Waals surface area contributed by atoms with Crippen LogP contribution in [0.4, 0.5) is 11.8 Å². The van der Waals surface area contributed by atoms with Gasteiger partial charge < -0.3 is 20.7 Å². The van der Waals surface area contributed by atoms with Gasteiger partial charge in [0.25, 0.3) is 0 Å². The van der Waals surface area contributed by atoms with E-state index in [1.54, 1.807) is 19.1 Å². The lowest BCUT2D eigenvalue weighted by Crippen LogP contribution is -2.16. The molecule has 0 aliphatic heterocycles. The smallest absolute Gasteiger partial charge is 0.222 e. The number of nitriles is 1. The van der Waals surface area contributed by atoms with E-state index in [9.17, 15) is 10.4 Å². The second-order valence-corrected chi connectivity index (χ2v) is 7.41. The van der Waals surface area contributed by atoms with Crippen molar-refractivity contribution in [3.05, 3.63) is 59.5 Å². The molecule has 0 amide bonds. The Bertz CT molecular complexity index is 1300.